The van der Waals surface area contributed by atoms with Crippen molar-refractivity contribution in [1.29, 1.82) is 0 Å². The highest BCUT2D eigenvalue weighted by Gasteiger charge is 2.26. The Bertz CT molecular complexity index is 398. The second-order valence-electron chi connectivity index (χ2n) is 6.43. The summed E-state index contributed by atoms with van der Waals surface area (Å²) < 4.78 is 1.87. The Kier molecular flexibility index (Phi) is 3.98. The lowest BCUT2D eigenvalue weighted by molar-refractivity contribution is 0.341. The maximum absolute atomic E-state index is 6.19. The SMILES string of the molecule is CC(C)Cc1c(C2CCC(C)CC2)nn(C)c1N. The molecule has 1 fully saturated rings. The molecule has 3 heteroatoms. The summed E-state index contributed by atoms with van der Waals surface area (Å²) in [7, 11) is 1.97. The van der Waals surface area contributed by atoms with Crippen molar-refractivity contribution in [2.24, 2.45) is 18.9 Å². The van der Waals surface area contributed by atoms with Gasteiger partial charge in [-0.1, -0.05) is 33.6 Å². The predicted molar refractivity (Wildman–Crippen MR) is 76.5 cm³/mol. The van der Waals surface area contributed by atoms with Crippen molar-refractivity contribution in [2.75, 3.05) is 5.73 Å². The Hall–Kier alpha value is -0.990. The Morgan fingerprint density at radius 2 is 1.89 bits per heavy atom. The second-order valence-corrected chi connectivity index (χ2v) is 6.43. The van der Waals surface area contributed by atoms with E-state index in [9.17, 15) is 0 Å². The highest BCUT2D eigenvalue weighted by atomic mass is 15.3. The van der Waals surface area contributed by atoms with Gasteiger partial charge in [0.2, 0.25) is 0 Å². The topological polar surface area (TPSA) is 43.8 Å². The molecule has 2 N–H and O–H groups in total. The maximum atomic E-state index is 6.19. The van der Waals surface area contributed by atoms with Gasteiger partial charge in [-0.3, -0.25) is 4.68 Å². The van der Waals surface area contributed by atoms with Crippen LogP contribution in [0.5, 0.6) is 0 Å². The molecule has 18 heavy (non-hydrogen) atoms. The number of hydrogen-bond acceptors (Lipinski definition) is 2. The Morgan fingerprint density at radius 3 is 2.44 bits per heavy atom. The fourth-order valence-electron chi connectivity index (χ4n) is 3.08. The lowest BCUT2D eigenvalue weighted by Gasteiger charge is -2.25. The van der Waals surface area contributed by atoms with Crippen molar-refractivity contribution in [3.05, 3.63) is 11.3 Å². The van der Waals surface area contributed by atoms with Crippen LogP contribution in [0.3, 0.4) is 0 Å². The van der Waals surface area contributed by atoms with Crippen LogP contribution in [-0.2, 0) is 13.5 Å². The fourth-order valence-corrected chi connectivity index (χ4v) is 3.08. The van der Waals surface area contributed by atoms with Gasteiger partial charge in [-0.25, -0.2) is 0 Å². The molecule has 1 heterocycles. The summed E-state index contributed by atoms with van der Waals surface area (Å²) in [6.07, 6.45) is 6.29. The highest BCUT2D eigenvalue weighted by Crippen LogP contribution is 2.38. The van der Waals surface area contributed by atoms with Gasteiger partial charge in [0.15, 0.2) is 0 Å². The molecule has 1 aliphatic carbocycles. The largest absolute Gasteiger partial charge is 0.384 e. The van der Waals surface area contributed by atoms with Gasteiger partial charge in [-0.05, 0) is 31.1 Å². The minimum Gasteiger partial charge on any atom is -0.384 e. The van der Waals surface area contributed by atoms with Crippen molar-refractivity contribution in [1.82, 2.24) is 9.78 Å². The van der Waals surface area contributed by atoms with Crippen molar-refractivity contribution < 1.29 is 0 Å². The van der Waals surface area contributed by atoms with Crippen LogP contribution in [0.4, 0.5) is 5.82 Å². The summed E-state index contributed by atoms with van der Waals surface area (Å²) in [6.45, 7) is 6.86. The van der Waals surface area contributed by atoms with Crippen LogP contribution in [0.1, 0.15) is 63.6 Å². The van der Waals surface area contributed by atoms with Crippen LogP contribution in [0.2, 0.25) is 0 Å². The number of aryl methyl sites for hydroxylation is 1. The molecule has 0 aromatic carbocycles. The zero-order valence-corrected chi connectivity index (χ0v) is 12.2. The van der Waals surface area contributed by atoms with Gasteiger partial charge in [0.1, 0.15) is 5.82 Å². The van der Waals surface area contributed by atoms with Crippen molar-refractivity contribution in [2.45, 2.75) is 58.8 Å². The Balaban J connectivity index is 2.23. The van der Waals surface area contributed by atoms with Gasteiger partial charge in [-0.15, -0.1) is 0 Å². The predicted octanol–water partition coefficient (Wildman–Crippen LogP) is 3.49. The third-order valence-electron chi connectivity index (χ3n) is 4.24. The average molecular weight is 249 g/mol. The zero-order valence-electron chi connectivity index (χ0n) is 12.2. The lowest BCUT2D eigenvalue weighted by Crippen LogP contribution is -2.13. The second kappa shape index (κ2) is 5.33. The summed E-state index contributed by atoms with van der Waals surface area (Å²) in [5.41, 5.74) is 8.79. The lowest BCUT2D eigenvalue weighted by atomic mass is 9.80. The molecular weight excluding hydrogens is 222 g/mol. The summed E-state index contributed by atoms with van der Waals surface area (Å²) in [5.74, 6) is 3.03. The standard InChI is InChI=1S/C15H27N3/c1-10(2)9-13-14(17-18(4)15(13)16)12-7-5-11(3)6-8-12/h10-12H,5-9,16H2,1-4H3. The number of nitrogens with two attached hydrogens (primary N) is 1. The van der Waals surface area contributed by atoms with E-state index >= 15 is 0 Å². The smallest absolute Gasteiger partial charge is 0.124 e. The number of nitrogen functional groups attached to an aromatic ring is 1. The van der Waals surface area contributed by atoms with Crippen LogP contribution in [0, 0.1) is 11.8 Å². The molecule has 0 saturated heterocycles. The van der Waals surface area contributed by atoms with Gasteiger partial charge in [0.25, 0.3) is 0 Å². The number of hydrogen-bond donors (Lipinski definition) is 1. The first kappa shape index (κ1) is 13.4. The van der Waals surface area contributed by atoms with Crippen LogP contribution in [0.15, 0.2) is 0 Å². The van der Waals surface area contributed by atoms with E-state index in [2.05, 4.69) is 20.8 Å². The van der Waals surface area contributed by atoms with E-state index in [1.165, 1.54) is 36.9 Å². The average Bonchev–Trinajstić information content (AvgIpc) is 2.58. The van der Waals surface area contributed by atoms with Gasteiger partial charge in [0.05, 0.1) is 5.69 Å². The van der Waals surface area contributed by atoms with Crippen LogP contribution >= 0.6 is 0 Å². The molecule has 102 valence electrons. The van der Waals surface area contributed by atoms with E-state index in [0.717, 1.165) is 18.2 Å². The summed E-state index contributed by atoms with van der Waals surface area (Å²) in [5, 5.41) is 4.70. The molecule has 0 amide bonds. The number of aromatic nitrogens is 2. The minimum absolute atomic E-state index is 0.637. The maximum Gasteiger partial charge on any atom is 0.124 e. The monoisotopic (exact) mass is 249 g/mol. The van der Waals surface area contributed by atoms with Crippen LogP contribution < -0.4 is 5.73 Å². The third kappa shape index (κ3) is 2.70. The molecule has 0 atom stereocenters. The molecule has 0 spiro atoms. The summed E-state index contributed by atoms with van der Waals surface area (Å²) in [4.78, 5) is 0. The van der Waals surface area contributed by atoms with Gasteiger partial charge in [0, 0.05) is 18.5 Å². The molecule has 1 aromatic heterocycles. The highest BCUT2D eigenvalue weighted by molar-refractivity contribution is 5.45. The molecule has 1 aliphatic rings. The fraction of sp³-hybridized carbons (Fsp3) is 0.800. The molecule has 0 unspecified atom stereocenters. The first-order valence-electron chi connectivity index (χ1n) is 7.30. The number of rotatable bonds is 3. The van der Waals surface area contributed by atoms with Crippen LogP contribution in [-0.4, -0.2) is 9.78 Å². The van der Waals surface area contributed by atoms with E-state index < -0.39 is 0 Å². The number of anilines is 1. The minimum atomic E-state index is 0.637. The van der Waals surface area contributed by atoms with E-state index in [1.807, 2.05) is 11.7 Å². The first-order valence-corrected chi connectivity index (χ1v) is 7.30. The van der Waals surface area contributed by atoms with Crippen molar-refractivity contribution in [3.63, 3.8) is 0 Å². The van der Waals surface area contributed by atoms with Crippen LogP contribution in [0.25, 0.3) is 0 Å². The quantitative estimate of drug-likeness (QED) is 0.891. The number of nitrogens with zero attached hydrogens (tertiary/aromatic N) is 2. The molecule has 1 aromatic rings. The summed E-state index contributed by atoms with van der Waals surface area (Å²) >= 11 is 0. The zero-order chi connectivity index (χ0) is 13.3. The van der Waals surface area contributed by atoms with Crippen molar-refractivity contribution in [3.8, 4) is 0 Å². The van der Waals surface area contributed by atoms with E-state index in [-0.39, 0.29) is 0 Å². The molecule has 0 bridgehead atoms. The molecule has 3 nitrogen and oxygen atoms in total. The normalized spacial score (nSPS) is 24.7. The molecule has 1 saturated carbocycles. The molecule has 2 rings (SSSR count). The third-order valence-corrected chi connectivity index (χ3v) is 4.24. The Morgan fingerprint density at radius 1 is 1.28 bits per heavy atom. The van der Waals surface area contributed by atoms with E-state index in [4.69, 9.17) is 10.8 Å². The Labute approximate surface area is 111 Å². The molecule has 0 radical (unpaired) electrons. The van der Waals surface area contributed by atoms with Gasteiger partial charge < -0.3 is 5.73 Å². The van der Waals surface area contributed by atoms with Crippen molar-refractivity contribution >= 4 is 5.82 Å². The van der Waals surface area contributed by atoms with Gasteiger partial charge >= 0.3 is 0 Å². The molecule has 0 aliphatic heterocycles. The van der Waals surface area contributed by atoms with E-state index in [0.29, 0.717) is 11.8 Å². The van der Waals surface area contributed by atoms with E-state index in [1.54, 1.807) is 0 Å². The summed E-state index contributed by atoms with van der Waals surface area (Å²) in [6, 6.07) is 0. The van der Waals surface area contributed by atoms with Gasteiger partial charge in [-0.2, -0.15) is 5.10 Å². The first-order chi connectivity index (χ1) is 8.49. The molecular formula is C15H27N3.